The smallest absolute Gasteiger partial charge is 0.0900 e. The topological polar surface area (TPSA) is 24.9 Å². The molecule has 1 unspecified atom stereocenters. The first-order valence-corrected chi connectivity index (χ1v) is 7.23. The van der Waals surface area contributed by atoms with E-state index < -0.39 is 0 Å². The summed E-state index contributed by atoms with van der Waals surface area (Å²) < 4.78 is 0. The van der Waals surface area contributed by atoms with Crippen LogP contribution in [0.25, 0.3) is 0 Å². The molecule has 0 spiro atoms. The lowest BCUT2D eigenvalue weighted by molar-refractivity contribution is 0.521. The molecule has 0 bridgehead atoms. The summed E-state index contributed by atoms with van der Waals surface area (Å²) in [6, 6.07) is 11.1. The minimum atomic E-state index is 0.424. The average molecular weight is 260 g/mol. The van der Waals surface area contributed by atoms with Gasteiger partial charge in [0.2, 0.25) is 0 Å². The first-order valence-electron chi connectivity index (χ1n) is 6.42. The van der Waals surface area contributed by atoms with Gasteiger partial charge in [-0.3, -0.25) is 0 Å². The van der Waals surface area contributed by atoms with Crippen LogP contribution in [-0.2, 0) is 6.54 Å². The van der Waals surface area contributed by atoms with Gasteiger partial charge in [0, 0.05) is 17.5 Å². The van der Waals surface area contributed by atoms with Crippen molar-refractivity contribution in [2.45, 2.75) is 39.8 Å². The standard InChI is InChI=1S/C15H20N2S/c1-4-14(13-8-6-5-7-9-13)16-10-15-11(2)17-12(3)18-15/h5-9,14,16H,4,10H2,1-3H3. The van der Waals surface area contributed by atoms with Crippen molar-refractivity contribution in [3.05, 3.63) is 51.5 Å². The Labute approximate surface area is 113 Å². The molecule has 0 saturated heterocycles. The van der Waals surface area contributed by atoms with E-state index in [1.165, 1.54) is 10.4 Å². The van der Waals surface area contributed by atoms with Crippen LogP contribution in [0.4, 0.5) is 0 Å². The van der Waals surface area contributed by atoms with Crippen molar-refractivity contribution in [1.82, 2.24) is 10.3 Å². The minimum Gasteiger partial charge on any atom is -0.305 e. The second-order valence-electron chi connectivity index (χ2n) is 4.49. The first kappa shape index (κ1) is 13.2. The Balaban J connectivity index is 2.02. The van der Waals surface area contributed by atoms with Crippen LogP contribution in [0, 0.1) is 13.8 Å². The number of aryl methyl sites for hydroxylation is 2. The highest BCUT2D eigenvalue weighted by atomic mass is 32.1. The number of nitrogens with one attached hydrogen (secondary N) is 1. The Morgan fingerprint density at radius 1 is 1.22 bits per heavy atom. The van der Waals surface area contributed by atoms with Crippen molar-refractivity contribution in [2.24, 2.45) is 0 Å². The molecule has 18 heavy (non-hydrogen) atoms. The molecular formula is C15H20N2S. The van der Waals surface area contributed by atoms with Crippen molar-refractivity contribution in [1.29, 1.82) is 0 Å². The molecule has 0 aliphatic heterocycles. The molecule has 96 valence electrons. The second-order valence-corrected chi connectivity index (χ2v) is 5.78. The number of nitrogens with zero attached hydrogens (tertiary/aromatic N) is 1. The number of thiazole rings is 1. The van der Waals surface area contributed by atoms with Crippen LogP contribution in [0.1, 0.15) is 40.5 Å². The third-order valence-electron chi connectivity index (χ3n) is 3.12. The average Bonchev–Trinajstić information content (AvgIpc) is 2.70. The Morgan fingerprint density at radius 3 is 2.50 bits per heavy atom. The third-order valence-corrected chi connectivity index (χ3v) is 4.19. The highest BCUT2D eigenvalue weighted by Gasteiger charge is 2.10. The SMILES string of the molecule is CCC(NCc1sc(C)nc1C)c1ccccc1. The van der Waals surface area contributed by atoms with Crippen molar-refractivity contribution in [3.63, 3.8) is 0 Å². The van der Waals surface area contributed by atoms with E-state index in [9.17, 15) is 0 Å². The van der Waals surface area contributed by atoms with Gasteiger partial charge in [-0.25, -0.2) is 4.98 Å². The number of rotatable bonds is 5. The maximum atomic E-state index is 4.47. The molecular weight excluding hydrogens is 240 g/mol. The Bertz CT molecular complexity index is 490. The lowest BCUT2D eigenvalue weighted by atomic mass is 10.0. The van der Waals surface area contributed by atoms with E-state index in [1.807, 2.05) is 0 Å². The quantitative estimate of drug-likeness (QED) is 0.879. The zero-order valence-corrected chi connectivity index (χ0v) is 12.1. The van der Waals surface area contributed by atoms with E-state index in [4.69, 9.17) is 0 Å². The Hall–Kier alpha value is -1.19. The lowest BCUT2D eigenvalue weighted by Gasteiger charge is -2.17. The Morgan fingerprint density at radius 2 is 1.94 bits per heavy atom. The summed E-state index contributed by atoms with van der Waals surface area (Å²) in [6.07, 6.45) is 1.10. The summed E-state index contributed by atoms with van der Waals surface area (Å²) in [7, 11) is 0. The molecule has 0 aliphatic carbocycles. The van der Waals surface area contributed by atoms with Crippen LogP contribution in [0.2, 0.25) is 0 Å². The van der Waals surface area contributed by atoms with Gasteiger partial charge < -0.3 is 5.32 Å². The van der Waals surface area contributed by atoms with E-state index in [0.717, 1.165) is 23.7 Å². The van der Waals surface area contributed by atoms with Gasteiger partial charge in [0.05, 0.1) is 10.7 Å². The normalized spacial score (nSPS) is 12.6. The number of aromatic nitrogens is 1. The molecule has 2 aromatic rings. The molecule has 2 nitrogen and oxygen atoms in total. The third kappa shape index (κ3) is 3.18. The molecule has 0 fully saturated rings. The molecule has 2 rings (SSSR count). The van der Waals surface area contributed by atoms with Gasteiger partial charge in [0.1, 0.15) is 0 Å². The van der Waals surface area contributed by atoms with Crippen LogP contribution >= 0.6 is 11.3 Å². The fraction of sp³-hybridized carbons (Fsp3) is 0.400. The molecule has 0 saturated carbocycles. The highest BCUT2D eigenvalue weighted by Crippen LogP contribution is 2.20. The maximum Gasteiger partial charge on any atom is 0.0900 e. The minimum absolute atomic E-state index is 0.424. The highest BCUT2D eigenvalue weighted by molar-refractivity contribution is 7.11. The molecule has 1 atom stereocenters. The van der Waals surface area contributed by atoms with E-state index in [0.29, 0.717) is 6.04 Å². The molecule has 0 amide bonds. The van der Waals surface area contributed by atoms with Crippen molar-refractivity contribution in [2.75, 3.05) is 0 Å². The molecule has 0 aliphatic rings. The fourth-order valence-electron chi connectivity index (χ4n) is 2.14. The molecule has 3 heteroatoms. The maximum absolute atomic E-state index is 4.47. The molecule has 1 aromatic heterocycles. The number of hydrogen-bond donors (Lipinski definition) is 1. The summed E-state index contributed by atoms with van der Waals surface area (Å²) >= 11 is 1.79. The molecule has 1 N–H and O–H groups in total. The van der Waals surface area contributed by atoms with Crippen LogP contribution < -0.4 is 5.32 Å². The van der Waals surface area contributed by atoms with Gasteiger partial charge in [-0.2, -0.15) is 0 Å². The van der Waals surface area contributed by atoms with Gasteiger partial charge in [0.25, 0.3) is 0 Å². The number of benzene rings is 1. The largest absolute Gasteiger partial charge is 0.305 e. The zero-order chi connectivity index (χ0) is 13.0. The second kappa shape index (κ2) is 6.12. The first-order chi connectivity index (χ1) is 8.70. The van der Waals surface area contributed by atoms with E-state index in [1.54, 1.807) is 11.3 Å². The van der Waals surface area contributed by atoms with Crippen molar-refractivity contribution >= 4 is 11.3 Å². The lowest BCUT2D eigenvalue weighted by Crippen LogP contribution is -2.20. The predicted octanol–water partition coefficient (Wildman–Crippen LogP) is 4.00. The van der Waals surface area contributed by atoms with Crippen LogP contribution in [0.3, 0.4) is 0 Å². The van der Waals surface area contributed by atoms with Gasteiger partial charge in [-0.15, -0.1) is 11.3 Å². The van der Waals surface area contributed by atoms with Crippen LogP contribution in [0.5, 0.6) is 0 Å². The molecule has 1 aromatic carbocycles. The monoisotopic (exact) mass is 260 g/mol. The van der Waals surface area contributed by atoms with Gasteiger partial charge in [0.15, 0.2) is 0 Å². The van der Waals surface area contributed by atoms with E-state index in [-0.39, 0.29) is 0 Å². The van der Waals surface area contributed by atoms with Crippen molar-refractivity contribution in [3.8, 4) is 0 Å². The van der Waals surface area contributed by atoms with E-state index in [2.05, 4.69) is 61.4 Å². The van der Waals surface area contributed by atoms with Gasteiger partial charge in [-0.1, -0.05) is 37.3 Å². The van der Waals surface area contributed by atoms with Gasteiger partial charge in [-0.05, 0) is 25.8 Å². The predicted molar refractivity (Wildman–Crippen MR) is 77.9 cm³/mol. The number of hydrogen-bond acceptors (Lipinski definition) is 3. The summed E-state index contributed by atoms with van der Waals surface area (Å²) in [5.41, 5.74) is 2.52. The summed E-state index contributed by atoms with van der Waals surface area (Å²) in [5.74, 6) is 0. The van der Waals surface area contributed by atoms with Crippen molar-refractivity contribution < 1.29 is 0 Å². The molecule has 0 radical (unpaired) electrons. The Kier molecular flexibility index (Phi) is 4.50. The van der Waals surface area contributed by atoms with Crippen LogP contribution in [0.15, 0.2) is 30.3 Å². The van der Waals surface area contributed by atoms with Crippen LogP contribution in [-0.4, -0.2) is 4.98 Å². The van der Waals surface area contributed by atoms with Gasteiger partial charge >= 0.3 is 0 Å². The zero-order valence-electron chi connectivity index (χ0n) is 11.2. The van der Waals surface area contributed by atoms with E-state index >= 15 is 0 Å². The molecule has 1 heterocycles. The summed E-state index contributed by atoms with van der Waals surface area (Å²) in [4.78, 5) is 5.82. The summed E-state index contributed by atoms with van der Waals surface area (Å²) in [6.45, 7) is 7.28. The fourth-order valence-corrected chi connectivity index (χ4v) is 3.02. The summed E-state index contributed by atoms with van der Waals surface area (Å²) in [5, 5.41) is 4.78.